The van der Waals surface area contributed by atoms with Crippen molar-refractivity contribution in [2.24, 2.45) is 0 Å². The number of fused-ring (bicyclic) bond motifs is 1. The smallest absolute Gasteiger partial charge is 0.216 e. The highest BCUT2D eigenvalue weighted by molar-refractivity contribution is 6.99. The molecule has 8 nitrogen and oxygen atoms in total. The van der Waals surface area contributed by atoms with E-state index in [0.717, 1.165) is 54.6 Å². The van der Waals surface area contributed by atoms with Crippen molar-refractivity contribution in [3.63, 3.8) is 0 Å². The molecule has 5 rings (SSSR count). The fourth-order valence-electron chi connectivity index (χ4n) is 4.22. The summed E-state index contributed by atoms with van der Waals surface area (Å²) < 4.78 is 28.1. The van der Waals surface area contributed by atoms with Crippen LogP contribution in [0.25, 0.3) is 11.5 Å². The van der Waals surface area contributed by atoms with Crippen LogP contribution in [0, 0.1) is 5.95 Å². The number of rotatable bonds is 4. The van der Waals surface area contributed by atoms with E-state index in [2.05, 4.69) is 35.4 Å². The van der Waals surface area contributed by atoms with E-state index in [0.29, 0.717) is 23.9 Å². The highest BCUT2D eigenvalue weighted by Gasteiger charge is 2.29. The molecule has 0 bridgehead atoms. The highest BCUT2D eigenvalue weighted by atomic mass is 32.1. The van der Waals surface area contributed by atoms with E-state index in [9.17, 15) is 4.39 Å². The maximum absolute atomic E-state index is 14.4. The summed E-state index contributed by atoms with van der Waals surface area (Å²) in [5, 5.41) is 0. The molecule has 3 aromatic rings. The van der Waals surface area contributed by atoms with Crippen LogP contribution >= 0.6 is 11.7 Å². The van der Waals surface area contributed by atoms with Crippen molar-refractivity contribution in [1.82, 2.24) is 23.7 Å². The average molecular weight is 428 g/mol. The Hall–Kier alpha value is -2.72. The second-order valence-electron chi connectivity index (χ2n) is 7.61. The van der Waals surface area contributed by atoms with Crippen LogP contribution in [0.4, 0.5) is 15.9 Å². The van der Waals surface area contributed by atoms with Gasteiger partial charge in [0.2, 0.25) is 5.95 Å². The summed E-state index contributed by atoms with van der Waals surface area (Å²) in [6.07, 6.45) is 5.38. The quantitative estimate of drug-likeness (QED) is 0.588. The molecule has 2 atom stereocenters. The molecule has 30 heavy (non-hydrogen) atoms. The molecular weight excluding hydrogens is 405 g/mol. The van der Waals surface area contributed by atoms with Crippen LogP contribution in [-0.2, 0) is 11.2 Å². The first-order chi connectivity index (χ1) is 14.6. The lowest BCUT2D eigenvalue weighted by Crippen LogP contribution is -2.35. The van der Waals surface area contributed by atoms with Gasteiger partial charge >= 0.3 is 0 Å². The van der Waals surface area contributed by atoms with Crippen LogP contribution in [0.2, 0.25) is 0 Å². The number of nitrogens with zero attached hydrogens (tertiary/aromatic N) is 7. The van der Waals surface area contributed by atoms with Gasteiger partial charge in [-0.1, -0.05) is 0 Å². The predicted octanol–water partition coefficient (Wildman–Crippen LogP) is 2.88. The zero-order valence-electron chi connectivity index (χ0n) is 16.8. The summed E-state index contributed by atoms with van der Waals surface area (Å²) in [4.78, 5) is 17.6. The molecule has 1 saturated heterocycles. The standard InChI is InChI=1S/C20H22FN7OS/c1-12-15-9-22-20(17-10-23-30-26-17)24-16(15)4-6-28(12)19-8-13(7-18(21)25-19)27-5-3-14(11-27)29-2/h7-10,12,14H,3-6,11H2,1-2H3. The molecule has 1 fully saturated rings. The van der Waals surface area contributed by atoms with Crippen LogP contribution in [0.5, 0.6) is 0 Å². The Morgan fingerprint density at radius 3 is 2.87 bits per heavy atom. The van der Waals surface area contributed by atoms with Crippen LogP contribution < -0.4 is 9.80 Å². The molecule has 5 heterocycles. The third-order valence-electron chi connectivity index (χ3n) is 5.90. The van der Waals surface area contributed by atoms with E-state index < -0.39 is 5.95 Å². The summed E-state index contributed by atoms with van der Waals surface area (Å²) in [5.41, 5.74) is 3.56. The third-order valence-corrected chi connectivity index (χ3v) is 6.38. The molecule has 10 heteroatoms. The number of hydrogen-bond acceptors (Lipinski definition) is 9. The van der Waals surface area contributed by atoms with E-state index in [1.165, 1.54) is 6.07 Å². The fourth-order valence-corrected chi connectivity index (χ4v) is 4.63. The van der Waals surface area contributed by atoms with Crippen molar-refractivity contribution in [2.45, 2.75) is 31.9 Å². The molecule has 2 aliphatic heterocycles. The highest BCUT2D eigenvalue weighted by Crippen LogP contribution is 2.34. The van der Waals surface area contributed by atoms with Gasteiger partial charge in [0.25, 0.3) is 0 Å². The Bertz CT molecular complexity index is 1050. The van der Waals surface area contributed by atoms with Gasteiger partial charge in [-0.3, -0.25) is 0 Å². The van der Waals surface area contributed by atoms with Crippen molar-refractivity contribution in [3.05, 3.63) is 41.7 Å². The molecule has 0 amide bonds. The van der Waals surface area contributed by atoms with Crippen LogP contribution in [-0.4, -0.2) is 56.5 Å². The number of methoxy groups -OCH3 is 1. The molecule has 3 aromatic heterocycles. The molecule has 0 radical (unpaired) electrons. The van der Waals surface area contributed by atoms with Gasteiger partial charge in [-0.15, -0.1) is 0 Å². The molecule has 0 saturated carbocycles. The largest absolute Gasteiger partial charge is 0.380 e. The minimum absolute atomic E-state index is 0.0104. The lowest BCUT2D eigenvalue weighted by atomic mass is 9.99. The fraction of sp³-hybridized carbons (Fsp3) is 0.450. The number of ether oxygens (including phenoxy) is 1. The molecule has 2 unspecified atom stereocenters. The van der Waals surface area contributed by atoms with Gasteiger partial charge in [-0.2, -0.15) is 13.1 Å². The Kier molecular flexibility index (Phi) is 5.03. The summed E-state index contributed by atoms with van der Waals surface area (Å²) in [6, 6.07) is 3.46. The summed E-state index contributed by atoms with van der Waals surface area (Å²) in [5.74, 6) is 0.761. The Morgan fingerprint density at radius 2 is 2.10 bits per heavy atom. The molecule has 0 spiro atoms. The van der Waals surface area contributed by atoms with E-state index in [-0.39, 0.29) is 12.1 Å². The van der Waals surface area contributed by atoms with Gasteiger partial charge in [-0.25, -0.2) is 15.0 Å². The van der Waals surface area contributed by atoms with Crippen LogP contribution in [0.3, 0.4) is 0 Å². The lowest BCUT2D eigenvalue weighted by molar-refractivity contribution is 0.121. The second kappa shape index (κ2) is 7.84. The Morgan fingerprint density at radius 1 is 1.20 bits per heavy atom. The third kappa shape index (κ3) is 3.50. The topological polar surface area (TPSA) is 80.2 Å². The molecule has 0 N–H and O–H groups in total. The second-order valence-corrected chi connectivity index (χ2v) is 8.16. The zero-order valence-corrected chi connectivity index (χ0v) is 17.6. The van der Waals surface area contributed by atoms with Crippen molar-refractivity contribution < 1.29 is 9.13 Å². The van der Waals surface area contributed by atoms with Gasteiger partial charge in [0.05, 0.1) is 35.8 Å². The predicted molar refractivity (Wildman–Crippen MR) is 112 cm³/mol. The maximum atomic E-state index is 14.4. The van der Waals surface area contributed by atoms with Crippen molar-refractivity contribution in [3.8, 4) is 11.5 Å². The number of hydrogen-bond donors (Lipinski definition) is 0. The van der Waals surface area contributed by atoms with Gasteiger partial charge < -0.3 is 14.5 Å². The maximum Gasteiger partial charge on any atom is 0.216 e. The lowest BCUT2D eigenvalue weighted by Gasteiger charge is -2.36. The minimum atomic E-state index is -0.469. The van der Waals surface area contributed by atoms with Gasteiger partial charge in [0.1, 0.15) is 11.5 Å². The Balaban J connectivity index is 1.42. The Labute approximate surface area is 178 Å². The first kappa shape index (κ1) is 19.3. The van der Waals surface area contributed by atoms with Crippen molar-refractivity contribution in [1.29, 1.82) is 0 Å². The monoisotopic (exact) mass is 427 g/mol. The molecule has 0 aliphatic carbocycles. The number of pyridine rings is 1. The minimum Gasteiger partial charge on any atom is -0.380 e. The van der Waals surface area contributed by atoms with E-state index in [1.54, 1.807) is 13.3 Å². The van der Waals surface area contributed by atoms with Crippen molar-refractivity contribution in [2.75, 3.05) is 36.5 Å². The van der Waals surface area contributed by atoms with E-state index in [4.69, 9.17) is 9.72 Å². The van der Waals surface area contributed by atoms with Crippen LogP contribution in [0.1, 0.15) is 30.6 Å². The number of halogens is 1. The van der Waals surface area contributed by atoms with Crippen LogP contribution in [0.15, 0.2) is 24.5 Å². The SMILES string of the molecule is COC1CCN(c2cc(F)nc(N3CCc4nc(-c5cnsn5)ncc4C3C)c2)C1. The summed E-state index contributed by atoms with van der Waals surface area (Å²) >= 11 is 1.14. The molecular formula is C20H22FN7OS. The molecule has 156 valence electrons. The average Bonchev–Trinajstić information content (AvgIpc) is 3.45. The summed E-state index contributed by atoms with van der Waals surface area (Å²) in [6.45, 7) is 4.40. The number of anilines is 2. The van der Waals surface area contributed by atoms with Gasteiger partial charge in [0, 0.05) is 62.7 Å². The summed E-state index contributed by atoms with van der Waals surface area (Å²) in [7, 11) is 1.72. The van der Waals surface area contributed by atoms with E-state index >= 15 is 0 Å². The zero-order chi connectivity index (χ0) is 20.7. The van der Waals surface area contributed by atoms with Gasteiger partial charge in [0.15, 0.2) is 5.82 Å². The molecule has 2 aliphatic rings. The number of aromatic nitrogens is 5. The first-order valence-electron chi connectivity index (χ1n) is 9.98. The normalized spacial score (nSPS) is 21.2. The van der Waals surface area contributed by atoms with Gasteiger partial charge in [-0.05, 0) is 13.3 Å². The van der Waals surface area contributed by atoms with E-state index in [1.807, 2.05) is 12.3 Å². The first-order valence-corrected chi connectivity index (χ1v) is 10.7. The van der Waals surface area contributed by atoms with Crippen molar-refractivity contribution >= 4 is 23.2 Å². The molecule has 0 aromatic carbocycles.